The molecule has 2 aromatic rings. The minimum Gasteiger partial charge on any atom is -0.326 e. The van der Waals surface area contributed by atoms with E-state index in [4.69, 9.17) is 0 Å². The second-order valence-electron chi connectivity index (χ2n) is 6.36. The molecular weight excluding hydrogens is 264 g/mol. The molecule has 0 radical (unpaired) electrons. The highest BCUT2D eigenvalue weighted by molar-refractivity contribution is 5.94. The molecule has 0 aliphatic carbocycles. The zero-order chi connectivity index (χ0) is 15.6. The molecule has 0 bridgehead atoms. The molecule has 1 heterocycles. The van der Waals surface area contributed by atoms with Crippen LogP contribution in [0.4, 0.5) is 5.69 Å². The maximum absolute atomic E-state index is 11.8. The number of aromatic nitrogens is 1. The van der Waals surface area contributed by atoms with Gasteiger partial charge in [0, 0.05) is 23.6 Å². The molecule has 0 fully saturated rings. The Labute approximate surface area is 124 Å². The number of hydrogen-bond acceptors (Lipinski definition) is 2. The molecule has 4 heteroatoms. The zero-order valence-corrected chi connectivity index (χ0v) is 13.0. The van der Waals surface area contributed by atoms with Crippen molar-refractivity contribution in [3.63, 3.8) is 0 Å². The van der Waals surface area contributed by atoms with Crippen LogP contribution in [0.3, 0.4) is 0 Å². The van der Waals surface area contributed by atoms with Gasteiger partial charge in [-0.05, 0) is 29.5 Å². The summed E-state index contributed by atoms with van der Waals surface area (Å²) in [6.07, 6.45) is 1.31. The van der Waals surface area contributed by atoms with E-state index in [0.717, 1.165) is 22.9 Å². The van der Waals surface area contributed by atoms with Crippen LogP contribution in [0.1, 0.15) is 46.1 Å². The summed E-state index contributed by atoms with van der Waals surface area (Å²) in [4.78, 5) is 26.3. The molecule has 0 atom stereocenters. The average Bonchev–Trinajstić information content (AvgIpc) is 2.36. The van der Waals surface area contributed by atoms with E-state index in [2.05, 4.69) is 31.1 Å². The molecule has 112 valence electrons. The molecule has 0 aliphatic rings. The number of amides is 1. The molecule has 2 N–H and O–H groups in total. The van der Waals surface area contributed by atoms with Crippen molar-refractivity contribution in [2.75, 3.05) is 5.32 Å². The Morgan fingerprint density at radius 1 is 1.24 bits per heavy atom. The van der Waals surface area contributed by atoms with Gasteiger partial charge in [0.05, 0.1) is 5.52 Å². The minimum absolute atomic E-state index is 0.00817. The van der Waals surface area contributed by atoms with Gasteiger partial charge in [-0.2, -0.15) is 0 Å². The Balaban J connectivity index is 2.49. The first-order valence-electron chi connectivity index (χ1n) is 7.28. The summed E-state index contributed by atoms with van der Waals surface area (Å²) in [5.41, 5.74) is 2.24. The summed E-state index contributed by atoms with van der Waals surface area (Å²) in [6, 6.07) is 7.30. The number of nitrogens with one attached hydrogen (secondary N) is 2. The molecular formula is C17H22N2O2. The van der Waals surface area contributed by atoms with Crippen LogP contribution >= 0.6 is 0 Å². The van der Waals surface area contributed by atoms with Crippen LogP contribution in [-0.2, 0) is 10.2 Å². The average molecular weight is 286 g/mol. The summed E-state index contributed by atoms with van der Waals surface area (Å²) in [5, 5.41) is 3.86. The lowest BCUT2D eigenvalue weighted by Gasteiger charge is -2.21. The molecule has 0 spiro atoms. The normalized spacial score (nSPS) is 11.6. The first-order chi connectivity index (χ1) is 9.81. The van der Waals surface area contributed by atoms with Crippen LogP contribution in [0.15, 0.2) is 29.1 Å². The van der Waals surface area contributed by atoms with E-state index in [1.54, 1.807) is 6.07 Å². The van der Waals surface area contributed by atoms with Crippen LogP contribution in [0, 0.1) is 0 Å². The van der Waals surface area contributed by atoms with Gasteiger partial charge in [0.25, 0.3) is 0 Å². The third kappa shape index (κ3) is 3.51. The number of carbonyl (C=O) groups excluding carboxylic acids is 1. The standard InChI is InChI=1S/C17H22N2O2/c1-5-6-15(20)18-11-7-8-12-13(17(2,3)4)10-16(21)19-14(12)9-11/h7-10H,5-6H2,1-4H3,(H,18,20)(H,19,21). The quantitative estimate of drug-likeness (QED) is 0.906. The van der Waals surface area contributed by atoms with Crippen LogP contribution < -0.4 is 10.9 Å². The Kier molecular flexibility index (Phi) is 4.16. The largest absolute Gasteiger partial charge is 0.326 e. The molecule has 1 amide bonds. The van der Waals surface area contributed by atoms with Crippen molar-refractivity contribution >= 4 is 22.5 Å². The van der Waals surface area contributed by atoms with E-state index in [1.807, 2.05) is 25.1 Å². The van der Waals surface area contributed by atoms with Crippen LogP contribution in [0.5, 0.6) is 0 Å². The van der Waals surface area contributed by atoms with E-state index in [1.165, 1.54) is 0 Å². The third-order valence-corrected chi connectivity index (χ3v) is 3.41. The smallest absolute Gasteiger partial charge is 0.248 e. The van der Waals surface area contributed by atoms with Gasteiger partial charge in [0.1, 0.15) is 0 Å². The molecule has 21 heavy (non-hydrogen) atoms. The summed E-state index contributed by atoms with van der Waals surface area (Å²) in [5.74, 6) is -0.00817. The monoisotopic (exact) mass is 286 g/mol. The topological polar surface area (TPSA) is 62.0 Å². The number of hydrogen-bond donors (Lipinski definition) is 2. The molecule has 1 aromatic heterocycles. The van der Waals surface area contributed by atoms with Gasteiger partial charge >= 0.3 is 0 Å². The Morgan fingerprint density at radius 3 is 2.57 bits per heavy atom. The SMILES string of the molecule is CCCC(=O)Nc1ccc2c(C(C)(C)C)cc(=O)[nH]c2c1. The number of benzene rings is 1. The number of carbonyl (C=O) groups is 1. The van der Waals surface area contributed by atoms with Crippen molar-refractivity contribution in [1.82, 2.24) is 4.98 Å². The summed E-state index contributed by atoms with van der Waals surface area (Å²) in [6.45, 7) is 8.21. The van der Waals surface area contributed by atoms with Gasteiger partial charge in [-0.25, -0.2) is 0 Å². The maximum Gasteiger partial charge on any atom is 0.248 e. The lowest BCUT2D eigenvalue weighted by Crippen LogP contribution is -2.17. The molecule has 1 aromatic carbocycles. The van der Waals surface area contributed by atoms with Gasteiger partial charge < -0.3 is 10.3 Å². The highest BCUT2D eigenvalue weighted by Crippen LogP contribution is 2.29. The third-order valence-electron chi connectivity index (χ3n) is 3.41. The highest BCUT2D eigenvalue weighted by atomic mass is 16.1. The van der Waals surface area contributed by atoms with E-state index in [9.17, 15) is 9.59 Å². The Morgan fingerprint density at radius 2 is 1.95 bits per heavy atom. The number of pyridine rings is 1. The van der Waals surface area contributed by atoms with Crippen molar-refractivity contribution in [1.29, 1.82) is 0 Å². The fourth-order valence-corrected chi connectivity index (χ4v) is 2.41. The molecule has 0 saturated heterocycles. The van der Waals surface area contributed by atoms with E-state index >= 15 is 0 Å². The fourth-order valence-electron chi connectivity index (χ4n) is 2.41. The lowest BCUT2D eigenvalue weighted by atomic mass is 9.85. The number of fused-ring (bicyclic) bond motifs is 1. The first-order valence-corrected chi connectivity index (χ1v) is 7.28. The van der Waals surface area contributed by atoms with Gasteiger partial charge in [-0.1, -0.05) is 33.8 Å². The van der Waals surface area contributed by atoms with Crippen LogP contribution in [0.2, 0.25) is 0 Å². The Bertz CT molecular complexity index is 724. The minimum atomic E-state index is -0.121. The predicted molar refractivity (Wildman–Crippen MR) is 86.8 cm³/mol. The number of aromatic amines is 1. The molecule has 0 unspecified atom stereocenters. The summed E-state index contributed by atoms with van der Waals surface area (Å²) >= 11 is 0. The Hall–Kier alpha value is -2.10. The van der Waals surface area contributed by atoms with Crippen molar-refractivity contribution in [2.45, 2.75) is 46.0 Å². The highest BCUT2D eigenvalue weighted by Gasteiger charge is 2.18. The lowest BCUT2D eigenvalue weighted by molar-refractivity contribution is -0.116. The van der Waals surface area contributed by atoms with E-state index < -0.39 is 0 Å². The van der Waals surface area contributed by atoms with Crippen LogP contribution in [0.25, 0.3) is 10.9 Å². The van der Waals surface area contributed by atoms with Crippen molar-refractivity contribution < 1.29 is 4.79 Å². The van der Waals surface area contributed by atoms with Crippen molar-refractivity contribution in [3.8, 4) is 0 Å². The van der Waals surface area contributed by atoms with Crippen molar-refractivity contribution in [2.24, 2.45) is 0 Å². The van der Waals surface area contributed by atoms with Gasteiger partial charge in [0.15, 0.2) is 0 Å². The maximum atomic E-state index is 11.8. The van der Waals surface area contributed by atoms with Gasteiger partial charge in [0.2, 0.25) is 11.5 Å². The van der Waals surface area contributed by atoms with E-state index in [-0.39, 0.29) is 16.9 Å². The molecule has 2 rings (SSSR count). The number of rotatable bonds is 3. The van der Waals surface area contributed by atoms with Crippen molar-refractivity contribution in [3.05, 3.63) is 40.2 Å². The number of H-pyrrole nitrogens is 1. The van der Waals surface area contributed by atoms with Crippen LogP contribution in [-0.4, -0.2) is 10.9 Å². The first kappa shape index (κ1) is 15.3. The van der Waals surface area contributed by atoms with Gasteiger partial charge in [-0.15, -0.1) is 0 Å². The summed E-state index contributed by atoms with van der Waals surface area (Å²) < 4.78 is 0. The zero-order valence-electron chi connectivity index (χ0n) is 13.0. The molecule has 0 saturated carbocycles. The molecule has 0 aliphatic heterocycles. The second kappa shape index (κ2) is 5.72. The predicted octanol–water partition coefficient (Wildman–Crippen LogP) is 3.56. The van der Waals surface area contributed by atoms with Gasteiger partial charge in [-0.3, -0.25) is 9.59 Å². The van der Waals surface area contributed by atoms with E-state index in [0.29, 0.717) is 12.1 Å². The second-order valence-corrected chi connectivity index (χ2v) is 6.36. The number of anilines is 1. The fraction of sp³-hybridized carbons (Fsp3) is 0.412. The summed E-state index contributed by atoms with van der Waals surface area (Å²) in [7, 11) is 0. The molecule has 4 nitrogen and oxygen atoms in total.